The molecule has 0 bridgehead atoms. The van der Waals surface area contributed by atoms with Crippen LogP contribution in [0.15, 0.2) is 97.1 Å². The third-order valence-corrected chi connectivity index (χ3v) is 6.67. The Labute approximate surface area is 226 Å². The number of ether oxygens (including phenoxy) is 2. The molecule has 2 N–H and O–H groups in total. The SMILES string of the molecule is CC1(C)c2cc(OC(=O)C=Cc3ccc(O)cc3)ccc2-c2ccc(OC(=O)C=Cc3ccc(O)cc3)cc21. The van der Waals surface area contributed by atoms with Gasteiger partial charge in [0, 0.05) is 17.6 Å². The second-order valence-corrected chi connectivity index (χ2v) is 9.73. The van der Waals surface area contributed by atoms with E-state index in [4.69, 9.17) is 9.47 Å². The lowest BCUT2D eigenvalue weighted by atomic mass is 9.82. The first-order chi connectivity index (χ1) is 18.7. The summed E-state index contributed by atoms with van der Waals surface area (Å²) in [5, 5.41) is 18.8. The Balaban J connectivity index is 1.30. The molecule has 0 atom stereocenters. The number of aromatic hydroxyl groups is 2. The zero-order chi connectivity index (χ0) is 27.6. The van der Waals surface area contributed by atoms with E-state index in [9.17, 15) is 19.8 Å². The van der Waals surface area contributed by atoms with Crippen LogP contribution in [0.25, 0.3) is 23.3 Å². The number of rotatable bonds is 6. The summed E-state index contributed by atoms with van der Waals surface area (Å²) >= 11 is 0. The van der Waals surface area contributed by atoms with Gasteiger partial charge in [-0.1, -0.05) is 50.2 Å². The molecule has 5 rings (SSSR count). The minimum Gasteiger partial charge on any atom is -0.508 e. The first-order valence-electron chi connectivity index (χ1n) is 12.4. The van der Waals surface area contributed by atoms with Gasteiger partial charge < -0.3 is 19.7 Å². The standard InChI is InChI=1S/C33H26O6/c1-33(2)29-19-25(38-31(36)17-7-21-3-9-23(34)10-4-21)13-15-27(29)28-16-14-26(20-30(28)33)39-32(37)18-8-22-5-11-24(35)12-6-22/h3-20,34-35H,1-2H3. The summed E-state index contributed by atoms with van der Waals surface area (Å²) in [5.41, 5.74) is 5.17. The van der Waals surface area contributed by atoms with Gasteiger partial charge in [0.05, 0.1) is 0 Å². The fourth-order valence-electron chi connectivity index (χ4n) is 4.62. The predicted molar refractivity (Wildman–Crippen MR) is 150 cm³/mol. The third kappa shape index (κ3) is 5.60. The molecular weight excluding hydrogens is 492 g/mol. The number of phenols is 2. The molecule has 0 amide bonds. The molecule has 6 heteroatoms. The Morgan fingerprint density at radius 1 is 0.615 bits per heavy atom. The van der Waals surface area contributed by atoms with Crippen LogP contribution in [0.5, 0.6) is 23.0 Å². The second kappa shape index (κ2) is 10.3. The summed E-state index contributed by atoms with van der Waals surface area (Å²) < 4.78 is 11.1. The highest BCUT2D eigenvalue weighted by Crippen LogP contribution is 2.50. The van der Waals surface area contributed by atoms with Gasteiger partial charge in [0.2, 0.25) is 0 Å². The van der Waals surface area contributed by atoms with Crippen molar-refractivity contribution in [3.8, 4) is 34.1 Å². The maximum atomic E-state index is 12.4. The van der Waals surface area contributed by atoms with Gasteiger partial charge in [0.1, 0.15) is 23.0 Å². The van der Waals surface area contributed by atoms with Crippen molar-refractivity contribution < 1.29 is 29.3 Å². The second-order valence-electron chi connectivity index (χ2n) is 9.73. The van der Waals surface area contributed by atoms with E-state index in [2.05, 4.69) is 13.8 Å². The fraction of sp³-hybridized carbons (Fsp3) is 0.0909. The first kappa shape index (κ1) is 25.5. The molecule has 0 aliphatic heterocycles. The molecule has 0 unspecified atom stereocenters. The van der Waals surface area contributed by atoms with E-state index in [1.807, 2.05) is 24.3 Å². The number of esters is 2. The largest absolute Gasteiger partial charge is 0.508 e. The quantitative estimate of drug-likeness (QED) is 0.169. The third-order valence-electron chi connectivity index (χ3n) is 6.67. The lowest BCUT2D eigenvalue weighted by molar-refractivity contribution is -0.129. The van der Waals surface area contributed by atoms with Crippen LogP contribution >= 0.6 is 0 Å². The zero-order valence-corrected chi connectivity index (χ0v) is 21.4. The summed E-state index contributed by atoms with van der Waals surface area (Å²) in [6.45, 7) is 4.15. The van der Waals surface area contributed by atoms with Crippen LogP contribution < -0.4 is 9.47 Å². The lowest BCUT2D eigenvalue weighted by Crippen LogP contribution is -2.16. The van der Waals surface area contributed by atoms with E-state index in [0.29, 0.717) is 11.5 Å². The van der Waals surface area contributed by atoms with Crippen molar-refractivity contribution in [3.05, 3.63) is 119 Å². The van der Waals surface area contributed by atoms with Gasteiger partial charge >= 0.3 is 11.9 Å². The molecule has 194 valence electrons. The van der Waals surface area contributed by atoms with Crippen LogP contribution in [0.3, 0.4) is 0 Å². The number of benzene rings is 4. The molecule has 4 aromatic rings. The summed E-state index contributed by atoms with van der Waals surface area (Å²) in [4.78, 5) is 24.8. The number of hydrogen-bond donors (Lipinski definition) is 2. The topological polar surface area (TPSA) is 93.1 Å². The van der Waals surface area contributed by atoms with Gasteiger partial charge in [0.15, 0.2) is 0 Å². The Kier molecular flexibility index (Phi) is 6.77. The van der Waals surface area contributed by atoms with E-state index >= 15 is 0 Å². The van der Waals surface area contributed by atoms with Crippen LogP contribution in [0.2, 0.25) is 0 Å². The van der Waals surface area contributed by atoms with Crippen molar-refractivity contribution in [1.82, 2.24) is 0 Å². The van der Waals surface area contributed by atoms with Gasteiger partial charge in [-0.05, 0) is 94.1 Å². The smallest absolute Gasteiger partial charge is 0.336 e. The molecule has 0 heterocycles. The number of carbonyl (C=O) groups is 2. The van der Waals surface area contributed by atoms with Gasteiger partial charge in [-0.25, -0.2) is 9.59 Å². The van der Waals surface area contributed by atoms with Crippen molar-refractivity contribution in [1.29, 1.82) is 0 Å². The van der Waals surface area contributed by atoms with Crippen molar-refractivity contribution in [2.24, 2.45) is 0 Å². The molecule has 4 aromatic carbocycles. The predicted octanol–water partition coefficient (Wildman–Crippen LogP) is 6.64. The number of carbonyl (C=O) groups excluding carboxylic acids is 2. The lowest BCUT2D eigenvalue weighted by Gasteiger charge is -2.22. The van der Waals surface area contributed by atoms with E-state index in [1.54, 1.807) is 72.8 Å². The average Bonchev–Trinajstić information content (AvgIpc) is 3.14. The normalized spacial score (nSPS) is 13.3. The van der Waals surface area contributed by atoms with Gasteiger partial charge in [0.25, 0.3) is 0 Å². The molecule has 0 spiro atoms. The maximum Gasteiger partial charge on any atom is 0.336 e. The van der Waals surface area contributed by atoms with Crippen LogP contribution in [-0.4, -0.2) is 22.2 Å². The Hall–Kier alpha value is -5.10. The Bertz CT molecular complexity index is 1490. The Morgan fingerprint density at radius 2 is 1.00 bits per heavy atom. The van der Waals surface area contributed by atoms with Gasteiger partial charge in [-0.2, -0.15) is 0 Å². The van der Waals surface area contributed by atoms with E-state index in [1.165, 1.54) is 12.2 Å². The highest BCUT2D eigenvalue weighted by Gasteiger charge is 2.36. The van der Waals surface area contributed by atoms with E-state index in [-0.39, 0.29) is 11.5 Å². The molecule has 1 aliphatic rings. The minimum atomic E-state index is -0.508. The monoisotopic (exact) mass is 518 g/mol. The molecule has 0 fully saturated rings. The molecule has 6 nitrogen and oxygen atoms in total. The van der Waals surface area contributed by atoms with Crippen molar-refractivity contribution in [2.75, 3.05) is 0 Å². The minimum absolute atomic E-state index is 0.157. The maximum absolute atomic E-state index is 12.4. The van der Waals surface area contributed by atoms with Crippen LogP contribution in [0.1, 0.15) is 36.1 Å². The van der Waals surface area contributed by atoms with Crippen molar-refractivity contribution >= 4 is 24.1 Å². The summed E-state index contributed by atoms with van der Waals surface area (Å²) in [6.07, 6.45) is 5.93. The summed E-state index contributed by atoms with van der Waals surface area (Å²) in [5.74, 6) is 0.159. The van der Waals surface area contributed by atoms with Crippen LogP contribution in [0.4, 0.5) is 0 Å². The average molecular weight is 519 g/mol. The number of fused-ring (bicyclic) bond motifs is 3. The highest BCUT2D eigenvalue weighted by atomic mass is 16.5. The molecule has 1 aliphatic carbocycles. The number of phenolic OH excluding ortho intramolecular Hbond substituents is 2. The van der Waals surface area contributed by atoms with E-state index < -0.39 is 17.4 Å². The van der Waals surface area contributed by atoms with Crippen LogP contribution in [0, 0.1) is 0 Å². The molecule has 0 radical (unpaired) electrons. The van der Waals surface area contributed by atoms with Crippen molar-refractivity contribution in [2.45, 2.75) is 19.3 Å². The van der Waals surface area contributed by atoms with Crippen LogP contribution in [-0.2, 0) is 15.0 Å². The molecule has 0 saturated heterocycles. The summed E-state index contributed by atoms with van der Waals surface area (Å²) in [6, 6.07) is 24.1. The molecule has 39 heavy (non-hydrogen) atoms. The van der Waals surface area contributed by atoms with Crippen molar-refractivity contribution in [3.63, 3.8) is 0 Å². The fourth-order valence-corrected chi connectivity index (χ4v) is 4.62. The molecule has 0 aromatic heterocycles. The highest BCUT2D eigenvalue weighted by molar-refractivity contribution is 5.90. The first-order valence-corrected chi connectivity index (χ1v) is 12.4. The Morgan fingerprint density at radius 3 is 1.38 bits per heavy atom. The van der Waals surface area contributed by atoms with E-state index in [0.717, 1.165) is 33.4 Å². The number of hydrogen-bond acceptors (Lipinski definition) is 6. The zero-order valence-electron chi connectivity index (χ0n) is 21.4. The summed E-state index contributed by atoms with van der Waals surface area (Å²) in [7, 11) is 0. The van der Waals surface area contributed by atoms with Gasteiger partial charge in [-0.3, -0.25) is 0 Å². The molecule has 0 saturated carbocycles. The molecular formula is C33H26O6. The van der Waals surface area contributed by atoms with Gasteiger partial charge in [-0.15, -0.1) is 0 Å².